The van der Waals surface area contributed by atoms with E-state index in [1.54, 1.807) is 37.3 Å². The largest absolute Gasteiger partial charge is 0.462 e. The lowest BCUT2D eigenvalue weighted by atomic mass is 10.2. The minimum Gasteiger partial charge on any atom is -0.462 e. The monoisotopic (exact) mass is 348 g/mol. The first-order valence-electron chi connectivity index (χ1n) is 7.11. The van der Waals surface area contributed by atoms with E-state index >= 15 is 0 Å². The van der Waals surface area contributed by atoms with Crippen LogP contribution in [0.1, 0.15) is 22.8 Å². The number of hydrogen-bond donors (Lipinski definition) is 2. The number of aryl methyl sites for hydroxylation is 1. The summed E-state index contributed by atoms with van der Waals surface area (Å²) in [4.78, 5) is 11.6. The smallest absolute Gasteiger partial charge is 0.338 e. The molecule has 0 atom stereocenters. The number of hydrogen-bond acceptors (Lipinski definition) is 3. The molecule has 0 radical (unpaired) electrons. The highest BCUT2D eigenvalue weighted by molar-refractivity contribution is 7.80. The molecule has 0 unspecified atom stereocenters. The molecule has 0 spiro atoms. The Morgan fingerprint density at radius 2 is 1.87 bits per heavy atom. The number of ether oxygens (including phenoxy) is 1. The zero-order chi connectivity index (χ0) is 16.8. The molecule has 0 bridgehead atoms. The lowest BCUT2D eigenvalue weighted by molar-refractivity contribution is 0.0526. The topological polar surface area (TPSA) is 50.4 Å². The van der Waals surface area contributed by atoms with Crippen molar-refractivity contribution in [1.82, 2.24) is 0 Å². The molecule has 0 amide bonds. The van der Waals surface area contributed by atoms with E-state index in [-0.39, 0.29) is 5.97 Å². The molecule has 0 saturated heterocycles. The minimum absolute atomic E-state index is 0.337. The summed E-state index contributed by atoms with van der Waals surface area (Å²) in [5.74, 6) is -0.337. The molecule has 23 heavy (non-hydrogen) atoms. The number of carbonyl (C=O) groups excluding carboxylic acids is 1. The van der Waals surface area contributed by atoms with Gasteiger partial charge in [0.1, 0.15) is 0 Å². The molecule has 0 aliphatic carbocycles. The molecular weight excluding hydrogens is 332 g/mol. The summed E-state index contributed by atoms with van der Waals surface area (Å²) in [5.41, 5.74) is 3.17. The van der Waals surface area contributed by atoms with Crippen LogP contribution in [0, 0.1) is 6.92 Å². The molecule has 2 rings (SSSR count). The second-order valence-electron chi connectivity index (χ2n) is 4.84. The Morgan fingerprint density at radius 1 is 1.17 bits per heavy atom. The Labute approximate surface area is 145 Å². The van der Waals surface area contributed by atoms with Crippen LogP contribution in [-0.2, 0) is 4.74 Å². The molecule has 0 aliphatic heterocycles. The third-order valence-corrected chi connectivity index (χ3v) is 3.53. The van der Waals surface area contributed by atoms with Crippen LogP contribution in [-0.4, -0.2) is 17.7 Å². The third kappa shape index (κ3) is 4.94. The second kappa shape index (κ2) is 7.94. The van der Waals surface area contributed by atoms with Gasteiger partial charge in [0.25, 0.3) is 0 Å². The van der Waals surface area contributed by atoms with Crippen LogP contribution in [0.4, 0.5) is 11.4 Å². The number of carbonyl (C=O) groups is 1. The van der Waals surface area contributed by atoms with Crippen LogP contribution in [0.2, 0.25) is 5.02 Å². The summed E-state index contributed by atoms with van der Waals surface area (Å²) in [6.45, 7) is 4.08. The maximum absolute atomic E-state index is 11.6. The first-order valence-corrected chi connectivity index (χ1v) is 7.89. The summed E-state index contributed by atoms with van der Waals surface area (Å²) in [5, 5.41) is 7.32. The molecule has 120 valence electrons. The van der Waals surface area contributed by atoms with E-state index in [2.05, 4.69) is 10.6 Å². The highest BCUT2D eigenvalue weighted by Crippen LogP contribution is 2.20. The van der Waals surface area contributed by atoms with Gasteiger partial charge in [0.05, 0.1) is 12.2 Å². The van der Waals surface area contributed by atoms with Gasteiger partial charge >= 0.3 is 5.97 Å². The van der Waals surface area contributed by atoms with Crippen molar-refractivity contribution in [3.63, 3.8) is 0 Å². The van der Waals surface area contributed by atoms with Gasteiger partial charge in [0, 0.05) is 16.4 Å². The average molecular weight is 349 g/mol. The Morgan fingerprint density at radius 3 is 2.48 bits per heavy atom. The lowest BCUT2D eigenvalue weighted by Crippen LogP contribution is -2.19. The minimum atomic E-state index is -0.337. The molecule has 2 N–H and O–H groups in total. The van der Waals surface area contributed by atoms with Crippen LogP contribution in [0.15, 0.2) is 42.5 Å². The van der Waals surface area contributed by atoms with Gasteiger partial charge in [0.15, 0.2) is 5.11 Å². The van der Waals surface area contributed by atoms with Gasteiger partial charge in [-0.15, -0.1) is 0 Å². The van der Waals surface area contributed by atoms with Gasteiger partial charge in [-0.1, -0.05) is 11.6 Å². The number of nitrogens with one attached hydrogen (secondary N) is 2. The van der Waals surface area contributed by atoms with E-state index in [0.717, 1.165) is 16.9 Å². The quantitative estimate of drug-likeness (QED) is 0.623. The molecule has 2 aromatic carbocycles. The van der Waals surface area contributed by atoms with Crippen molar-refractivity contribution < 1.29 is 9.53 Å². The van der Waals surface area contributed by atoms with Crippen molar-refractivity contribution in [1.29, 1.82) is 0 Å². The second-order valence-corrected chi connectivity index (χ2v) is 5.68. The maximum atomic E-state index is 11.6. The third-order valence-electron chi connectivity index (χ3n) is 3.09. The Balaban J connectivity index is 1.98. The van der Waals surface area contributed by atoms with Crippen LogP contribution < -0.4 is 10.6 Å². The first-order chi connectivity index (χ1) is 11.0. The van der Waals surface area contributed by atoms with Crippen LogP contribution in [0.3, 0.4) is 0 Å². The van der Waals surface area contributed by atoms with Crippen LogP contribution >= 0.6 is 23.8 Å². The van der Waals surface area contributed by atoms with Crippen molar-refractivity contribution in [3.05, 3.63) is 58.6 Å². The van der Waals surface area contributed by atoms with E-state index < -0.39 is 0 Å². The van der Waals surface area contributed by atoms with Crippen molar-refractivity contribution in [2.24, 2.45) is 0 Å². The number of halogens is 1. The molecular formula is C17H17ClN2O2S. The molecule has 0 saturated carbocycles. The first kappa shape index (κ1) is 17.2. The molecule has 0 heterocycles. The van der Waals surface area contributed by atoms with Gasteiger partial charge < -0.3 is 15.4 Å². The van der Waals surface area contributed by atoms with E-state index in [0.29, 0.717) is 22.3 Å². The zero-order valence-electron chi connectivity index (χ0n) is 12.9. The molecule has 0 fully saturated rings. The predicted octanol–water partition coefficient (Wildman–Crippen LogP) is 4.63. The SMILES string of the molecule is CCOC(=O)c1ccc(NC(=S)Nc2ccc(Cl)cc2C)cc1. The molecule has 2 aromatic rings. The van der Waals surface area contributed by atoms with Gasteiger partial charge in [-0.3, -0.25) is 0 Å². The van der Waals surface area contributed by atoms with Crippen molar-refractivity contribution >= 4 is 46.3 Å². The Kier molecular flexibility index (Phi) is 5.96. The zero-order valence-corrected chi connectivity index (χ0v) is 14.4. The maximum Gasteiger partial charge on any atom is 0.338 e. The highest BCUT2D eigenvalue weighted by Gasteiger charge is 2.07. The van der Waals surface area contributed by atoms with Crippen LogP contribution in [0.5, 0.6) is 0 Å². The number of thiocarbonyl (C=S) groups is 1. The van der Waals surface area contributed by atoms with E-state index in [1.807, 2.05) is 19.1 Å². The number of rotatable bonds is 4. The van der Waals surface area contributed by atoms with Crippen LogP contribution in [0.25, 0.3) is 0 Å². The number of anilines is 2. The van der Waals surface area contributed by atoms with E-state index in [1.165, 1.54) is 0 Å². The van der Waals surface area contributed by atoms with Crippen molar-refractivity contribution in [3.8, 4) is 0 Å². The van der Waals surface area contributed by atoms with Gasteiger partial charge in [-0.05, 0) is 74.1 Å². The molecule has 0 aliphatic rings. The van der Waals surface area contributed by atoms with E-state index in [9.17, 15) is 4.79 Å². The molecule has 6 heteroatoms. The summed E-state index contributed by atoms with van der Waals surface area (Å²) in [6.07, 6.45) is 0. The lowest BCUT2D eigenvalue weighted by Gasteiger charge is -2.13. The Bertz CT molecular complexity index is 717. The number of benzene rings is 2. The summed E-state index contributed by atoms with van der Waals surface area (Å²) < 4.78 is 4.94. The molecule has 4 nitrogen and oxygen atoms in total. The fraction of sp³-hybridized carbons (Fsp3) is 0.176. The predicted molar refractivity (Wildman–Crippen MR) is 98.4 cm³/mol. The fourth-order valence-electron chi connectivity index (χ4n) is 1.96. The summed E-state index contributed by atoms with van der Waals surface area (Å²) in [7, 11) is 0. The number of esters is 1. The van der Waals surface area contributed by atoms with Gasteiger partial charge in [-0.2, -0.15) is 0 Å². The standard InChI is InChI=1S/C17H17ClN2O2S/c1-3-22-16(21)12-4-7-14(8-5-12)19-17(23)20-15-9-6-13(18)10-11(15)2/h4-10H,3H2,1-2H3,(H2,19,20,23). The normalized spacial score (nSPS) is 10.0. The van der Waals surface area contributed by atoms with Gasteiger partial charge in [-0.25, -0.2) is 4.79 Å². The van der Waals surface area contributed by atoms with E-state index in [4.69, 9.17) is 28.6 Å². The highest BCUT2D eigenvalue weighted by atomic mass is 35.5. The fourth-order valence-corrected chi connectivity index (χ4v) is 2.41. The van der Waals surface area contributed by atoms with Crippen molar-refractivity contribution in [2.45, 2.75) is 13.8 Å². The average Bonchev–Trinajstić information content (AvgIpc) is 2.51. The summed E-state index contributed by atoms with van der Waals surface area (Å²) in [6, 6.07) is 12.5. The van der Waals surface area contributed by atoms with Gasteiger partial charge in [0.2, 0.25) is 0 Å². The summed E-state index contributed by atoms with van der Waals surface area (Å²) >= 11 is 11.2. The molecule has 0 aromatic heterocycles. The Hall–Kier alpha value is -2.11. The van der Waals surface area contributed by atoms with Crippen molar-refractivity contribution in [2.75, 3.05) is 17.2 Å².